The van der Waals surface area contributed by atoms with Gasteiger partial charge in [0.1, 0.15) is 0 Å². The number of nitrogens with one attached hydrogen (secondary N) is 1. The first-order valence-corrected chi connectivity index (χ1v) is 5.98. The van der Waals surface area contributed by atoms with Gasteiger partial charge in [-0.25, -0.2) is 0 Å². The van der Waals surface area contributed by atoms with E-state index < -0.39 is 0 Å². The number of rotatable bonds is 7. The van der Waals surface area contributed by atoms with Gasteiger partial charge in [0, 0.05) is 18.3 Å². The zero-order chi connectivity index (χ0) is 11.0. The predicted octanol–water partition coefficient (Wildman–Crippen LogP) is 2.95. The molecule has 0 fully saturated rings. The molecule has 0 aromatic rings. The second kappa shape index (κ2) is 8.10. The fraction of sp³-hybridized carbons (Fsp3) is 0.909. The minimum absolute atomic E-state index is 0.168. The molecule has 84 valence electrons. The molecule has 0 aromatic heterocycles. The quantitative estimate of drug-likeness (QED) is 0.656. The summed E-state index contributed by atoms with van der Waals surface area (Å²) in [6.45, 7) is 6.24. The number of hydrogen-bond donors (Lipinski definition) is 1. The summed E-state index contributed by atoms with van der Waals surface area (Å²) in [5.41, 5.74) is 0. The SMILES string of the molecule is CCC(C)CC(=O)NC(C)CCCCl. The monoisotopic (exact) mass is 219 g/mol. The van der Waals surface area contributed by atoms with E-state index >= 15 is 0 Å². The summed E-state index contributed by atoms with van der Waals surface area (Å²) < 4.78 is 0. The smallest absolute Gasteiger partial charge is 0.220 e. The van der Waals surface area contributed by atoms with Crippen molar-refractivity contribution in [3.05, 3.63) is 0 Å². The van der Waals surface area contributed by atoms with Crippen LogP contribution < -0.4 is 5.32 Å². The van der Waals surface area contributed by atoms with Crippen molar-refractivity contribution in [3.63, 3.8) is 0 Å². The Bertz CT molecular complexity index is 161. The first kappa shape index (κ1) is 13.8. The zero-order valence-electron chi connectivity index (χ0n) is 9.48. The summed E-state index contributed by atoms with van der Waals surface area (Å²) in [4.78, 5) is 11.4. The zero-order valence-corrected chi connectivity index (χ0v) is 10.2. The third-order valence-corrected chi connectivity index (χ3v) is 2.68. The van der Waals surface area contributed by atoms with Crippen LogP contribution in [0.1, 0.15) is 46.5 Å². The Kier molecular flexibility index (Phi) is 7.96. The number of carbonyl (C=O) groups is 1. The standard InChI is InChI=1S/C11H22ClNO/c1-4-9(2)8-11(14)13-10(3)6-5-7-12/h9-10H,4-8H2,1-3H3,(H,13,14). The van der Waals surface area contributed by atoms with Crippen LogP contribution in [0.25, 0.3) is 0 Å². The molecule has 0 rings (SSSR count). The molecule has 0 heterocycles. The minimum atomic E-state index is 0.168. The van der Waals surface area contributed by atoms with Gasteiger partial charge >= 0.3 is 0 Å². The minimum Gasteiger partial charge on any atom is -0.354 e. The summed E-state index contributed by atoms with van der Waals surface area (Å²) >= 11 is 5.58. The molecular weight excluding hydrogens is 198 g/mol. The molecule has 0 aromatic carbocycles. The average Bonchev–Trinajstić information content (AvgIpc) is 2.14. The molecule has 0 saturated carbocycles. The third-order valence-electron chi connectivity index (χ3n) is 2.41. The second-order valence-corrected chi connectivity index (χ2v) is 4.40. The van der Waals surface area contributed by atoms with E-state index in [9.17, 15) is 4.79 Å². The Balaban J connectivity index is 3.60. The highest BCUT2D eigenvalue weighted by Gasteiger charge is 2.09. The lowest BCUT2D eigenvalue weighted by Crippen LogP contribution is -2.33. The molecule has 0 aliphatic heterocycles. The molecular formula is C11H22ClNO. The van der Waals surface area contributed by atoms with Crippen LogP contribution in [-0.4, -0.2) is 17.8 Å². The highest BCUT2D eigenvalue weighted by molar-refractivity contribution is 6.17. The van der Waals surface area contributed by atoms with E-state index in [1.165, 1.54) is 0 Å². The lowest BCUT2D eigenvalue weighted by molar-refractivity contribution is -0.122. The van der Waals surface area contributed by atoms with Gasteiger partial charge in [-0.1, -0.05) is 20.3 Å². The first-order chi connectivity index (χ1) is 6.60. The van der Waals surface area contributed by atoms with E-state index in [1.54, 1.807) is 0 Å². The summed E-state index contributed by atoms with van der Waals surface area (Å²) in [5.74, 6) is 1.32. The van der Waals surface area contributed by atoms with Crippen molar-refractivity contribution in [1.29, 1.82) is 0 Å². The number of carbonyl (C=O) groups excluding carboxylic acids is 1. The molecule has 0 radical (unpaired) electrons. The molecule has 0 aliphatic carbocycles. The van der Waals surface area contributed by atoms with Gasteiger partial charge < -0.3 is 5.32 Å². The van der Waals surface area contributed by atoms with Crippen molar-refractivity contribution in [3.8, 4) is 0 Å². The Morgan fingerprint density at radius 1 is 1.43 bits per heavy atom. The molecule has 0 bridgehead atoms. The van der Waals surface area contributed by atoms with Crippen LogP contribution in [0.2, 0.25) is 0 Å². The van der Waals surface area contributed by atoms with Gasteiger partial charge in [0.15, 0.2) is 0 Å². The maximum atomic E-state index is 11.4. The fourth-order valence-corrected chi connectivity index (χ4v) is 1.40. The molecule has 1 amide bonds. The molecule has 2 unspecified atom stereocenters. The van der Waals surface area contributed by atoms with Crippen molar-refractivity contribution in [2.75, 3.05) is 5.88 Å². The van der Waals surface area contributed by atoms with Crippen LogP contribution in [0, 0.1) is 5.92 Å². The lowest BCUT2D eigenvalue weighted by atomic mass is 10.0. The van der Waals surface area contributed by atoms with Gasteiger partial charge in [-0.05, 0) is 25.7 Å². The Morgan fingerprint density at radius 3 is 2.57 bits per heavy atom. The Morgan fingerprint density at radius 2 is 2.07 bits per heavy atom. The van der Waals surface area contributed by atoms with Crippen LogP contribution in [-0.2, 0) is 4.79 Å². The second-order valence-electron chi connectivity index (χ2n) is 4.02. The van der Waals surface area contributed by atoms with Crippen molar-refractivity contribution >= 4 is 17.5 Å². The molecule has 2 atom stereocenters. The van der Waals surface area contributed by atoms with Crippen LogP contribution in [0.5, 0.6) is 0 Å². The molecule has 2 nitrogen and oxygen atoms in total. The molecule has 1 N–H and O–H groups in total. The Labute approximate surface area is 92.4 Å². The summed E-state index contributed by atoms with van der Waals surface area (Å²) in [5, 5.41) is 2.98. The third kappa shape index (κ3) is 7.19. The number of alkyl halides is 1. The maximum Gasteiger partial charge on any atom is 0.220 e. The number of halogens is 1. The highest BCUT2D eigenvalue weighted by Crippen LogP contribution is 2.06. The van der Waals surface area contributed by atoms with E-state index in [1.807, 2.05) is 6.92 Å². The van der Waals surface area contributed by atoms with Gasteiger partial charge in [0.05, 0.1) is 0 Å². The maximum absolute atomic E-state index is 11.4. The van der Waals surface area contributed by atoms with Crippen molar-refractivity contribution < 1.29 is 4.79 Å². The van der Waals surface area contributed by atoms with Gasteiger partial charge in [-0.3, -0.25) is 4.79 Å². The molecule has 0 saturated heterocycles. The molecule has 0 spiro atoms. The van der Waals surface area contributed by atoms with Crippen molar-refractivity contribution in [2.24, 2.45) is 5.92 Å². The van der Waals surface area contributed by atoms with Gasteiger partial charge in [0.2, 0.25) is 5.91 Å². The van der Waals surface area contributed by atoms with E-state index in [0.717, 1.165) is 19.3 Å². The highest BCUT2D eigenvalue weighted by atomic mass is 35.5. The van der Waals surface area contributed by atoms with E-state index in [4.69, 9.17) is 11.6 Å². The molecule has 14 heavy (non-hydrogen) atoms. The summed E-state index contributed by atoms with van der Waals surface area (Å²) in [6, 6.07) is 0.255. The Hall–Kier alpha value is -0.240. The summed E-state index contributed by atoms with van der Waals surface area (Å²) in [7, 11) is 0. The van der Waals surface area contributed by atoms with Crippen molar-refractivity contribution in [2.45, 2.75) is 52.5 Å². The average molecular weight is 220 g/mol. The van der Waals surface area contributed by atoms with E-state index in [-0.39, 0.29) is 11.9 Å². The van der Waals surface area contributed by atoms with Crippen LogP contribution in [0.3, 0.4) is 0 Å². The number of hydrogen-bond acceptors (Lipinski definition) is 1. The fourth-order valence-electron chi connectivity index (χ4n) is 1.25. The van der Waals surface area contributed by atoms with E-state index in [2.05, 4.69) is 19.2 Å². The topological polar surface area (TPSA) is 29.1 Å². The molecule has 0 aliphatic rings. The van der Waals surface area contributed by atoms with Crippen LogP contribution in [0.15, 0.2) is 0 Å². The molecule has 3 heteroatoms. The van der Waals surface area contributed by atoms with Crippen LogP contribution in [0.4, 0.5) is 0 Å². The summed E-state index contributed by atoms with van der Waals surface area (Å²) in [6.07, 6.45) is 3.63. The normalized spacial score (nSPS) is 14.9. The van der Waals surface area contributed by atoms with E-state index in [0.29, 0.717) is 18.2 Å². The first-order valence-electron chi connectivity index (χ1n) is 5.45. The van der Waals surface area contributed by atoms with Gasteiger partial charge in [-0.2, -0.15) is 0 Å². The lowest BCUT2D eigenvalue weighted by Gasteiger charge is -2.14. The van der Waals surface area contributed by atoms with Gasteiger partial charge in [-0.15, -0.1) is 11.6 Å². The van der Waals surface area contributed by atoms with Crippen molar-refractivity contribution in [1.82, 2.24) is 5.32 Å². The predicted molar refractivity (Wildman–Crippen MR) is 61.6 cm³/mol. The number of amides is 1. The van der Waals surface area contributed by atoms with Gasteiger partial charge in [0.25, 0.3) is 0 Å². The van der Waals surface area contributed by atoms with Crippen LogP contribution >= 0.6 is 11.6 Å². The largest absolute Gasteiger partial charge is 0.354 e.